The average Bonchev–Trinajstić information content (AvgIpc) is 3.43. The van der Waals surface area contributed by atoms with E-state index >= 15 is 0 Å². The Labute approximate surface area is 255 Å². The highest BCUT2D eigenvalue weighted by Crippen LogP contribution is 2.40. The lowest BCUT2D eigenvalue weighted by atomic mass is 9.91. The van der Waals surface area contributed by atoms with Crippen molar-refractivity contribution in [3.05, 3.63) is 102 Å². The van der Waals surface area contributed by atoms with E-state index in [0.717, 1.165) is 36.6 Å². The van der Waals surface area contributed by atoms with Crippen molar-refractivity contribution in [1.82, 2.24) is 25.3 Å². The highest BCUT2D eigenvalue weighted by molar-refractivity contribution is 7.92. The Kier molecular flexibility index (Phi) is 8.38. The van der Waals surface area contributed by atoms with E-state index in [0.29, 0.717) is 12.0 Å². The molecule has 0 spiro atoms. The van der Waals surface area contributed by atoms with Crippen molar-refractivity contribution in [1.29, 1.82) is 0 Å². The number of halogens is 1. The molecule has 228 valence electrons. The van der Waals surface area contributed by atoms with E-state index in [1.54, 1.807) is 30.5 Å². The normalized spacial score (nSPS) is 19.7. The molecule has 2 aromatic carbocycles. The van der Waals surface area contributed by atoms with Crippen LogP contribution in [0.1, 0.15) is 54.1 Å². The van der Waals surface area contributed by atoms with Gasteiger partial charge in [-0.1, -0.05) is 48.0 Å². The number of sulfonamides is 1. The van der Waals surface area contributed by atoms with Crippen LogP contribution in [0.3, 0.4) is 0 Å². The first-order valence-corrected chi connectivity index (χ1v) is 15.9. The summed E-state index contributed by atoms with van der Waals surface area (Å²) in [6.45, 7) is 2.05. The Morgan fingerprint density at radius 2 is 1.82 bits per heavy atom. The van der Waals surface area contributed by atoms with Crippen molar-refractivity contribution in [2.45, 2.75) is 62.1 Å². The molecule has 2 aliphatic rings. The van der Waals surface area contributed by atoms with Crippen molar-refractivity contribution in [3.8, 4) is 0 Å². The van der Waals surface area contributed by atoms with Crippen LogP contribution in [0.4, 0.5) is 20.8 Å². The van der Waals surface area contributed by atoms with Gasteiger partial charge in [-0.2, -0.15) is 0 Å². The summed E-state index contributed by atoms with van der Waals surface area (Å²) in [6, 6.07) is 15.7. The van der Waals surface area contributed by atoms with E-state index in [1.165, 1.54) is 10.6 Å². The number of anilines is 2. The molecule has 2 aromatic heterocycles. The topological polar surface area (TPSA) is 139 Å². The largest absolute Gasteiger partial charge is 0.445 e. The van der Waals surface area contributed by atoms with E-state index in [4.69, 9.17) is 4.74 Å². The van der Waals surface area contributed by atoms with Gasteiger partial charge in [0.25, 0.3) is 10.0 Å². The van der Waals surface area contributed by atoms with Crippen LogP contribution in [0.2, 0.25) is 0 Å². The molecule has 44 heavy (non-hydrogen) atoms. The number of hydrogen-bond acceptors (Lipinski definition) is 9. The molecule has 11 nitrogen and oxygen atoms in total. The van der Waals surface area contributed by atoms with Gasteiger partial charge in [0, 0.05) is 23.8 Å². The average molecular weight is 618 g/mol. The number of benzene rings is 2. The Morgan fingerprint density at radius 3 is 2.61 bits per heavy atom. The number of alkyl carbamates (subject to hydrolysis) is 1. The zero-order chi connectivity index (χ0) is 30.7. The summed E-state index contributed by atoms with van der Waals surface area (Å²) in [5.41, 5.74) is 2.37. The summed E-state index contributed by atoms with van der Waals surface area (Å²) in [7, 11) is -3.93. The molecular formula is C31H32FN7O4S. The fourth-order valence-electron chi connectivity index (χ4n) is 5.64. The van der Waals surface area contributed by atoms with E-state index in [9.17, 15) is 17.6 Å². The van der Waals surface area contributed by atoms with E-state index < -0.39 is 27.9 Å². The predicted octanol–water partition coefficient (Wildman–Crippen LogP) is 4.70. The molecule has 13 heteroatoms. The van der Waals surface area contributed by atoms with Gasteiger partial charge in [0.05, 0.1) is 23.6 Å². The van der Waals surface area contributed by atoms with Gasteiger partial charge in [-0.3, -0.25) is 0 Å². The van der Waals surface area contributed by atoms with Crippen molar-refractivity contribution in [3.63, 3.8) is 0 Å². The molecule has 6 rings (SSSR count). The maximum Gasteiger partial charge on any atom is 0.407 e. The second-order valence-corrected chi connectivity index (χ2v) is 12.9. The van der Waals surface area contributed by atoms with E-state index in [1.807, 2.05) is 37.3 Å². The van der Waals surface area contributed by atoms with E-state index in [2.05, 4.69) is 30.6 Å². The molecule has 0 bridgehead atoms. The minimum Gasteiger partial charge on any atom is -0.445 e. The molecule has 3 heterocycles. The number of ether oxygens (including phenoxy) is 1. The van der Waals surface area contributed by atoms with Gasteiger partial charge < -0.3 is 15.4 Å². The summed E-state index contributed by atoms with van der Waals surface area (Å²) in [5.74, 6) is -0.717. The first-order chi connectivity index (χ1) is 21.3. The molecule has 3 atom stereocenters. The van der Waals surface area contributed by atoms with Crippen LogP contribution >= 0.6 is 0 Å². The first-order valence-electron chi connectivity index (χ1n) is 14.4. The number of hydrogen-bond donors (Lipinski definition) is 2. The number of carbonyl (C=O) groups is 1. The maximum absolute atomic E-state index is 15.0. The zero-order valence-corrected chi connectivity index (χ0v) is 24.9. The molecule has 2 N–H and O–H groups in total. The molecule has 1 fully saturated rings. The molecule has 4 aromatic rings. The fraction of sp³-hybridized carbons (Fsp3) is 0.323. The third-order valence-electron chi connectivity index (χ3n) is 7.91. The van der Waals surface area contributed by atoms with Crippen LogP contribution < -0.4 is 14.9 Å². The molecule has 1 aliphatic heterocycles. The lowest BCUT2D eigenvalue weighted by Crippen LogP contribution is -2.42. The Balaban J connectivity index is 1.15. The molecule has 1 aliphatic carbocycles. The van der Waals surface area contributed by atoms with Crippen LogP contribution in [0.25, 0.3) is 0 Å². The van der Waals surface area contributed by atoms with Crippen LogP contribution in [-0.2, 0) is 21.4 Å². The van der Waals surface area contributed by atoms with Crippen LogP contribution in [-0.4, -0.2) is 53.1 Å². The monoisotopic (exact) mass is 617 g/mol. The van der Waals surface area contributed by atoms with E-state index in [-0.39, 0.29) is 47.6 Å². The minimum atomic E-state index is -3.93. The third kappa shape index (κ3) is 6.32. The lowest BCUT2D eigenvalue weighted by molar-refractivity contribution is 0.132. The van der Waals surface area contributed by atoms with Crippen LogP contribution in [0.15, 0.2) is 78.2 Å². The summed E-state index contributed by atoms with van der Waals surface area (Å²) in [6.07, 6.45) is 6.35. The third-order valence-corrected chi connectivity index (χ3v) is 9.68. The van der Waals surface area contributed by atoms with Crippen molar-refractivity contribution in [2.24, 2.45) is 0 Å². The Hall–Kier alpha value is -4.65. The maximum atomic E-state index is 15.0. The number of amides is 1. The number of carbonyl (C=O) groups excluding carboxylic acids is 1. The number of rotatable bonds is 8. The summed E-state index contributed by atoms with van der Waals surface area (Å²) >= 11 is 0. The molecule has 0 saturated heterocycles. The summed E-state index contributed by atoms with van der Waals surface area (Å²) in [5, 5.41) is 6.11. The molecule has 0 radical (unpaired) electrons. The summed E-state index contributed by atoms with van der Waals surface area (Å²) in [4.78, 5) is 29.7. The van der Waals surface area contributed by atoms with Gasteiger partial charge >= 0.3 is 6.09 Å². The molecule has 1 saturated carbocycles. The lowest BCUT2D eigenvalue weighted by Gasteiger charge is -2.30. The number of fused-ring (bicyclic) bond motifs is 1. The van der Waals surface area contributed by atoms with Gasteiger partial charge in [-0.15, -0.1) is 0 Å². The van der Waals surface area contributed by atoms with Gasteiger partial charge in [0.1, 0.15) is 24.6 Å². The predicted molar refractivity (Wildman–Crippen MR) is 161 cm³/mol. The fourth-order valence-corrected chi connectivity index (χ4v) is 7.10. The highest BCUT2D eigenvalue weighted by Gasteiger charge is 2.40. The molecule has 1 amide bonds. The standard InChI is InChI=1S/C31H32FN7O4S/c1-20-10-12-24(13-11-20)44(41,42)39-17-26(25-15-33-19-35-30(25)39)28-34-16-27(32)29(38-28)36-22-8-5-9-23(14-22)37-31(40)43-18-21-6-3-2-4-7-21/h2-4,6-7,10-13,15-16,19,22-23,26H,5,8-9,14,17-18H2,1H3,(H,37,40)(H,34,36,38)/t22-,23+,26?/m1/s1. The van der Waals surface area contributed by atoms with Crippen molar-refractivity contribution in [2.75, 3.05) is 16.2 Å². The SMILES string of the molecule is Cc1ccc(S(=O)(=O)N2CC(c3ncc(F)c(N[C@@H]4CCC[C@H](NC(=O)OCc5ccccc5)C4)n3)c3cncnc32)cc1. The van der Waals surface area contributed by atoms with Crippen LogP contribution in [0.5, 0.6) is 0 Å². The summed E-state index contributed by atoms with van der Waals surface area (Å²) < 4.78 is 48.8. The number of aromatic nitrogens is 4. The van der Waals surface area contributed by atoms with Gasteiger partial charge in [-0.05, 0) is 50.3 Å². The van der Waals surface area contributed by atoms with Crippen molar-refractivity contribution < 1.29 is 22.3 Å². The minimum absolute atomic E-state index is 0.00414. The molecular weight excluding hydrogens is 585 g/mol. The smallest absolute Gasteiger partial charge is 0.407 e. The van der Waals surface area contributed by atoms with Crippen LogP contribution in [0, 0.1) is 12.7 Å². The quantitative estimate of drug-likeness (QED) is 0.288. The second kappa shape index (κ2) is 12.5. The zero-order valence-electron chi connectivity index (χ0n) is 24.1. The second-order valence-electron chi connectivity index (χ2n) is 11.0. The number of aryl methyl sites for hydroxylation is 1. The Morgan fingerprint density at radius 1 is 1.05 bits per heavy atom. The highest BCUT2D eigenvalue weighted by atomic mass is 32.2. The first kappa shape index (κ1) is 29.4. The number of nitrogens with one attached hydrogen (secondary N) is 2. The van der Waals surface area contributed by atoms with Gasteiger partial charge in [0.15, 0.2) is 11.6 Å². The van der Waals surface area contributed by atoms with Gasteiger partial charge in [0.2, 0.25) is 0 Å². The molecule has 1 unspecified atom stereocenters. The van der Waals surface area contributed by atoms with Gasteiger partial charge in [-0.25, -0.2) is 41.8 Å². The number of nitrogens with zero attached hydrogens (tertiary/aromatic N) is 5. The van der Waals surface area contributed by atoms with Crippen molar-refractivity contribution >= 4 is 27.8 Å². The Bertz CT molecular complexity index is 1740.